The van der Waals surface area contributed by atoms with Gasteiger partial charge in [-0.05, 0) is 18.9 Å². The SMILES string of the molecule is CNc1nc(N)c(Cl)nc1C(=O)/N=C1\NCC2(CCN(C(=O)c3ccc(OCC(F)(F)F)nc3)CC2)N1. The highest BCUT2D eigenvalue weighted by molar-refractivity contribution is 6.31. The molecule has 0 aliphatic carbocycles. The van der Waals surface area contributed by atoms with Crippen LogP contribution in [0.2, 0.25) is 5.15 Å². The summed E-state index contributed by atoms with van der Waals surface area (Å²) in [5, 5.41) is 8.93. The zero-order valence-corrected chi connectivity index (χ0v) is 20.3. The third-order valence-electron chi connectivity index (χ3n) is 5.88. The van der Waals surface area contributed by atoms with Crippen molar-refractivity contribution in [3.05, 3.63) is 34.7 Å². The van der Waals surface area contributed by atoms with Gasteiger partial charge in [0.05, 0.1) is 11.1 Å². The Hall–Kier alpha value is -3.88. The number of amides is 2. The first-order chi connectivity index (χ1) is 17.5. The number of carbonyl (C=O) groups is 2. The van der Waals surface area contributed by atoms with Crippen molar-refractivity contribution >= 4 is 41.0 Å². The summed E-state index contributed by atoms with van der Waals surface area (Å²) < 4.78 is 41.4. The van der Waals surface area contributed by atoms with Crippen molar-refractivity contribution in [1.82, 2.24) is 30.5 Å². The molecule has 0 saturated carbocycles. The van der Waals surface area contributed by atoms with Crippen LogP contribution in [0.4, 0.5) is 24.8 Å². The average molecular weight is 542 g/mol. The predicted octanol–water partition coefficient (Wildman–Crippen LogP) is 1.45. The number of nitrogen functional groups attached to an aromatic ring is 1. The molecule has 2 aliphatic rings. The number of piperidine rings is 1. The minimum absolute atomic E-state index is 0.0193. The van der Waals surface area contributed by atoms with Crippen LogP contribution in [0.15, 0.2) is 23.3 Å². The first-order valence-electron chi connectivity index (χ1n) is 11.1. The summed E-state index contributed by atoms with van der Waals surface area (Å²) in [4.78, 5) is 43.0. The van der Waals surface area contributed by atoms with Gasteiger partial charge >= 0.3 is 12.1 Å². The van der Waals surface area contributed by atoms with E-state index < -0.39 is 24.2 Å². The normalized spacial score (nSPS) is 17.9. The van der Waals surface area contributed by atoms with Gasteiger partial charge in [0.2, 0.25) is 5.88 Å². The number of ether oxygens (including phenoxy) is 1. The molecule has 1 spiro atoms. The van der Waals surface area contributed by atoms with Crippen molar-refractivity contribution in [2.75, 3.05) is 44.3 Å². The summed E-state index contributed by atoms with van der Waals surface area (Å²) in [6, 6.07) is 2.60. The summed E-state index contributed by atoms with van der Waals surface area (Å²) in [6.07, 6.45) is -2.16. The monoisotopic (exact) mass is 541 g/mol. The van der Waals surface area contributed by atoms with E-state index in [1.165, 1.54) is 18.3 Å². The third kappa shape index (κ3) is 6.10. The van der Waals surface area contributed by atoms with Gasteiger partial charge in [0.25, 0.3) is 5.91 Å². The van der Waals surface area contributed by atoms with E-state index in [-0.39, 0.29) is 45.8 Å². The summed E-state index contributed by atoms with van der Waals surface area (Å²) in [7, 11) is 1.56. The average Bonchev–Trinajstić information content (AvgIpc) is 3.25. The summed E-state index contributed by atoms with van der Waals surface area (Å²) >= 11 is 5.90. The number of halogens is 4. The highest BCUT2D eigenvalue weighted by Gasteiger charge is 2.41. The minimum Gasteiger partial charge on any atom is -0.468 e. The standard InChI is InChI=1S/C21H23ClF3N9O3/c1-27-16-13(30-14(22)15(26)31-16)17(35)32-19-29-9-20(33-19)4-6-34(7-5-20)18(36)11-2-3-12(28-8-11)37-10-21(23,24)25/h2-3,8H,4-7,9-10H2,1H3,(H3,26,27,31)(H2,29,32,33,35). The molecule has 5 N–H and O–H groups in total. The number of pyridine rings is 1. The summed E-state index contributed by atoms with van der Waals surface area (Å²) in [5.41, 5.74) is 5.38. The molecule has 16 heteroatoms. The zero-order chi connectivity index (χ0) is 26.8. The lowest BCUT2D eigenvalue weighted by Gasteiger charge is -2.38. The molecular weight excluding hydrogens is 519 g/mol. The molecule has 0 atom stereocenters. The maximum absolute atomic E-state index is 12.8. The Kier molecular flexibility index (Phi) is 7.25. The van der Waals surface area contributed by atoms with E-state index in [9.17, 15) is 22.8 Å². The Bertz CT molecular complexity index is 1220. The van der Waals surface area contributed by atoms with Crippen molar-refractivity contribution in [3.63, 3.8) is 0 Å². The number of nitrogens with zero attached hydrogens (tertiary/aromatic N) is 5. The van der Waals surface area contributed by atoms with Gasteiger partial charge in [-0.25, -0.2) is 15.0 Å². The highest BCUT2D eigenvalue weighted by atomic mass is 35.5. The largest absolute Gasteiger partial charge is 0.468 e. The van der Waals surface area contributed by atoms with E-state index >= 15 is 0 Å². The molecule has 198 valence electrons. The second kappa shape index (κ2) is 10.2. The van der Waals surface area contributed by atoms with E-state index in [1.54, 1.807) is 11.9 Å². The molecule has 0 unspecified atom stereocenters. The van der Waals surface area contributed by atoms with Gasteiger partial charge in [-0.1, -0.05) is 11.6 Å². The molecule has 2 aromatic heterocycles. The van der Waals surface area contributed by atoms with E-state index in [1.807, 2.05) is 0 Å². The molecule has 2 aliphatic heterocycles. The van der Waals surface area contributed by atoms with Gasteiger partial charge in [0.1, 0.15) is 0 Å². The third-order valence-corrected chi connectivity index (χ3v) is 6.16. The second-order valence-electron chi connectivity index (χ2n) is 8.45. The van der Waals surface area contributed by atoms with Gasteiger partial charge in [-0.3, -0.25) is 9.59 Å². The number of nitrogens with one attached hydrogen (secondary N) is 3. The molecule has 0 bridgehead atoms. The smallest absolute Gasteiger partial charge is 0.422 e. The zero-order valence-electron chi connectivity index (χ0n) is 19.5. The number of hydrogen-bond acceptors (Lipinski definition) is 8. The minimum atomic E-state index is -4.48. The lowest BCUT2D eigenvalue weighted by atomic mass is 9.88. The molecule has 2 saturated heterocycles. The van der Waals surface area contributed by atoms with Crippen LogP contribution in [0.25, 0.3) is 0 Å². The number of guanidine groups is 1. The number of anilines is 2. The fraction of sp³-hybridized carbons (Fsp3) is 0.429. The number of aromatic nitrogens is 3. The number of likely N-dealkylation sites (tertiary alicyclic amines) is 1. The first-order valence-corrected chi connectivity index (χ1v) is 11.5. The van der Waals surface area contributed by atoms with E-state index in [2.05, 4.69) is 40.6 Å². The van der Waals surface area contributed by atoms with Crippen molar-refractivity contribution in [1.29, 1.82) is 0 Å². The maximum atomic E-state index is 12.8. The molecule has 0 aromatic carbocycles. The van der Waals surface area contributed by atoms with Crippen molar-refractivity contribution in [2.45, 2.75) is 24.6 Å². The molecule has 2 amide bonds. The van der Waals surface area contributed by atoms with Gasteiger partial charge in [0.15, 0.2) is 35.0 Å². The van der Waals surface area contributed by atoms with Crippen molar-refractivity contribution in [2.24, 2.45) is 4.99 Å². The Morgan fingerprint density at radius 1 is 1.30 bits per heavy atom. The fourth-order valence-electron chi connectivity index (χ4n) is 3.94. The number of aliphatic imine (C=N–C) groups is 1. The quantitative estimate of drug-likeness (QED) is 0.436. The molecule has 4 heterocycles. The Morgan fingerprint density at radius 2 is 2.03 bits per heavy atom. The van der Waals surface area contributed by atoms with E-state index in [4.69, 9.17) is 17.3 Å². The van der Waals surface area contributed by atoms with Gasteiger partial charge < -0.3 is 31.3 Å². The molecule has 2 aromatic rings. The van der Waals surface area contributed by atoms with Crippen LogP contribution < -0.4 is 26.4 Å². The topological polar surface area (TPSA) is 160 Å². The van der Waals surface area contributed by atoms with Crippen molar-refractivity contribution in [3.8, 4) is 5.88 Å². The van der Waals surface area contributed by atoms with Crippen LogP contribution in [0.1, 0.15) is 33.7 Å². The number of nitrogens with two attached hydrogens (primary N) is 1. The number of hydrogen-bond donors (Lipinski definition) is 4. The lowest BCUT2D eigenvalue weighted by molar-refractivity contribution is -0.154. The first kappa shape index (κ1) is 26.2. The molecule has 37 heavy (non-hydrogen) atoms. The summed E-state index contributed by atoms with van der Waals surface area (Å²) in [6.45, 7) is -0.160. The molecule has 4 rings (SSSR count). The fourth-order valence-corrected chi connectivity index (χ4v) is 4.06. The molecule has 2 fully saturated rings. The van der Waals surface area contributed by atoms with Crippen LogP contribution in [0.5, 0.6) is 5.88 Å². The molecule has 12 nitrogen and oxygen atoms in total. The van der Waals surface area contributed by atoms with Gasteiger partial charge in [-0.2, -0.15) is 18.2 Å². The maximum Gasteiger partial charge on any atom is 0.422 e. The Balaban J connectivity index is 1.34. The number of rotatable bonds is 5. The highest BCUT2D eigenvalue weighted by Crippen LogP contribution is 2.26. The van der Waals surface area contributed by atoms with Crippen LogP contribution >= 0.6 is 11.6 Å². The predicted molar refractivity (Wildman–Crippen MR) is 128 cm³/mol. The van der Waals surface area contributed by atoms with Crippen LogP contribution in [-0.4, -0.2) is 82.6 Å². The van der Waals surface area contributed by atoms with Gasteiger partial charge in [-0.15, -0.1) is 0 Å². The Labute approximate surface area is 213 Å². The van der Waals surface area contributed by atoms with Crippen LogP contribution in [-0.2, 0) is 0 Å². The number of carbonyl (C=O) groups excluding carboxylic acids is 2. The van der Waals surface area contributed by atoms with Crippen LogP contribution in [0, 0.1) is 0 Å². The Morgan fingerprint density at radius 3 is 2.65 bits per heavy atom. The van der Waals surface area contributed by atoms with E-state index in [0.29, 0.717) is 32.5 Å². The van der Waals surface area contributed by atoms with E-state index in [0.717, 1.165) is 0 Å². The second-order valence-corrected chi connectivity index (χ2v) is 8.81. The van der Waals surface area contributed by atoms with Crippen LogP contribution in [0.3, 0.4) is 0 Å². The molecule has 0 radical (unpaired) electrons. The lowest BCUT2D eigenvalue weighted by Crippen LogP contribution is -2.53. The summed E-state index contributed by atoms with van der Waals surface area (Å²) in [5.74, 6) is -0.797. The molecular formula is C21H23ClF3N9O3. The van der Waals surface area contributed by atoms with Crippen molar-refractivity contribution < 1.29 is 27.5 Å². The number of alkyl halides is 3. The van der Waals surface area contributed by atoms with Gasteiger partial charge in [0, 0.05) is 38.9 Å².